The Bertz CT molecular complexity index is 488. The zero-order chi connectivity index (χ0) is 12.8. The standard InChI is InChI=1S/C15H21N3/c1-3-18-11-10-17-15(18)12-16-9-8-14-7-5-4-6-13(14)2/h4-7,10-11,16H,3,8-9,12H2,1-2H3. The van der Waals surface area contributed by atoms with E-state index < -0.39 is 0 Å². The van der Waals surface area contributed by atoms with E-state index in [0.29, 0.717) is 0 Å². The molecule has 0 fully saturated rings. The third kappa shape index (κ3) is 3.20. The van der Waals surface area contributed by atoms with Crippen molar-refractivity contribution >= 4 is 0 Å². The maximum absolute atomic E-state index is 4.35. The zero-order valence-corrected chi connectivity index (χ0v) is 11.2. The third-order valence-electron chi connectivity index (χ3n) is 3.26. The molecule has 1 aromatic carbocycles. The summed E-state index contributed by atoms with van der Waals surface area (Å²) in [6.07, 6.45) is 4.96. The Labute approximate surface area is 109 Å². The van der Waals surface area contributed by atoms with E-state index in [0.717, 1.165) is 31.9 Å². The molecule has 0 spiro atoms. The zero-order valence-electron chi connectivity index (χ0n) is 11.2. The van der Waals surface area contributed by atoms with Gasteiger partial charge in [0, 0.05) is 18.9 Å². The highest BCUT2D eigenvalue weighted by atomic mass is 15.1. The fourth-order valence-electron chi connectivity index (χ4n) is 2.11. The maximum Gasteiger partial charge on any atom is 0.122 e. The summed E-state index contributed by atoms with van der Waals surface area (Å²) in [7, 11) is 0. The Balaban J connectivity index is 1.78. The number of nitrogens with one attached hydrogen (secondary N) is 1. The van der Waals surface area contributed by atoms with Gasteiger partial charge in [0.2, 0.25) is 0 Å². The summed E-state index contributed by atoms with van der Waals surface area (Å²) in [6.45, 7) is 7.11. The van der Waals surface area contributed by atoms with E-state index in [1.165, 1.54) is 11.1 Å². The molecule has 3 nitrogen and oxygen atoms in total. The Morgan fingerprint density at radius 1 is 1.28 bits per heavy atom. The van der Waals surface area contributed by atoms with Gasteiger partial charge >= 0.3 is 0 Å². The van der Waals surface area contributed by atoms with Crippen LogP contribution >= 0.6 is 0 Å². The molecule has 0 aliphatic heterocycles. The van der Waals surface area contributed by atoms with Crippen molar-refractivity contribution in [2.45, 2.75) is 33.4 Å². The van der Waals surface area contributed by atoms with Gasteiger partial charge in [-0.05, 0) is 37.9 Å². The fraction of sp³-hybridized carbons (Fsp3) is 0.400. The molecule has 3 heteroatoms. The topological polar surface area (TPSA) is 29.9 Å². The second-order valence-electron chi connectivity index (χ2n) is 4.48. The molecule has 18 heavy (non-hydrogen) atoms. The van der Waals surface area contributed by atoms with Crippen molar-refractivity contribution < 1.29 is 0 Å². The molecule has 0 aliphatic carbocycles. The van der Waals surface area contributed by atoms with E-state index >= 15 is 0 Å². The quantitative estimate of drug-likeness (QED) is 0.790. The van der Waals surface area contributed by atoms with Crippen LogP contribution in [0.4, 0.5) is 0 Å². The van der Waals surface area contributed by atoms with E-state index in [1.54, 1.807) is 0 Å². The first-order valence-corrected chi connectivity index (χ1v) is 6.56. The van der Waals surface area contributed by atoms with Crippen LogP contribution in [0.15, 0.2) is 36.7 Å². The first-order chi connectivity index (χ1) is 8.81. The van der Waals surface area contributed by atoms with Gasteiger partial charge < -0.3 is 9.88 Å². The van der Waals surface area contributed by atoms with Gasteiger partial charge in [-0.2, -0.15) is 0 Å². The van der Waals surface area contributed by atoms with Crippen molar-refractivity contribution in [2.75, 3.05) is 6.54 Å². The van der Waals surface area contributed by atoms with Crippen molar-refractivity contribution in [3.8, 4) is 0 Å². The highest BCUT2D eigenvalue weighted by Gasteiger charge is 2.01. The van der Waals surface area contributed by atoms with E-state index in [9.17, 15) is 0 Å². The van der Waals surface area contributed by atoms with Gasteiger partial charge in [0.05, 0.1) is 6.54 Å². The molecule has 0 saturated heterocycles. The largest absolute Gasteiger partial charge is 0.334 e. The van der Waals surface area contributed by atoms with Gasteiger partial charge in [-0.15, -0.1) is 0 Å². The maximum atomic E-state index is 4.35. The third-order valence-corrected chi connectivity index (χ3v) is 3.26. The Morgan fingerprint density at radius 2 is 2.11 bits per heavy atom. The molecule has 1 aromatic heterocycles. The lowest BCUT2D eigenvalue weighted by Gasteiger charge is -2.08. The first kappa shape index (κ1) is 12.8. The minimum atomic E-state index is 0.840. The van der Waals surface area contributed by atoms with Gasteiger partial charge in [-0.1, -0.05) is 24.3 Å². The molecule has 0 saturated carbocycles. The Morgan fingerprint density at radius 3 is 2.89 bits per heavy atom. The lowest BCUT2D eigenvalue weighted by Crippen LogP contribution is -2.19. The van der Waals surface area contributed by atoms with Gasteiger partial charge in [-0.25, -0.2) is 4.98 Å². The SMILES string of the molecule is CCn1ccnc1CNCCc1ccccc1C. The van der Waals surface area contributed by atoms with Crippen LogP contribution in [-0.4, -0.2) is 16.1 Å². The van der Waals surface area contributed by atoms with Crippen LogP contribution in [0.2, 0.25) is 0 Å². The van der Waals surface area contributed by atoms with Gasteiger partial charge in [0.25, 0.3) is 0 Å². The monoisotopic (exact) mass is 243 g/mol. The molecule has 2 rings (SSSR count). The molecule has 0 bridgehead atoms. The molecular formula is C15H21N3. The predicted octanol–water partition coefficient (Wildman–Crippen LogP) is 2.54. The molecule has 1 N–H and O–H groups in total. The Hall–Kier alpha value is -1.61. The molecule has 0 unspecified atom stereocenters. The van der Waals surface area contributed by atoms with E-state index in [-0.39, 0.29) is 0 Å². The highest BCUT2D eigenvalue weighted by Crippen LogP contribution is 2.07. The van der Waals surface area contributed by atoms with Crippen LogP contribution in [0.1, 0.15) is 23.9 Å². The summed E-state index contributed by atoms with van der Waals surface area (Å²) in [5.74, 6) is 1.11. The fourth-order valence-corrected chi connectivity index (χ4v) is 2.11. The summed E-state index contributed by atoms with van der Waals surface area (Å²) in [5, 5.41) is 3.45. The number of aromatic nitrogens is 2. The molecule has 0 amide bonds. The van der Waals surface area contributed by atoms with E-state index in [2.05, 4.69) is 53.0 Å². The van der Waals surface area contributed by atoms with Crippen molar-refractivity contribution in [1.29, 1.82) is 0 Å². The predicted molar refractivity (Wildman–Crippen MR) is 74.5 cm³/mol. The summed E-state index contributed by atoms with van der Waals surface area (Å²) < 4.78 is 2.17. The number of hydrogen-bond donors (Lipinski definition) is 1. The van der Waals surface area contributed by atoms with Crippen LogP contribution in [0.5, 0.6) is 0 Å². The van der Waals surface area contributed by atoms with Gasteiger partial charge in [-0.3, -0.25) is 0 Å². The second-order valence-corrected chi connectivity index (χ2v) is 4.48. The summed E-state index contributed by atoms with van der Waals surface area (Å²) in [5.41, 5.74) is 2.79. The van der Waals surface area contributed by atoms with Crippen LogP contribution in [-0.2, 0) is 19.5 Å². The minimum Gasteiger partial charge on any atom is -0.334 e. The van der Waals surface area contributed by atoms with E-state index in [1.807, 2.05) is 12.4 Å². The summed E-state index contributed by atoms with van der Waals surface area (Å²) >= 11 is 0. The average Bonchev–Trinajstić information content (AvgIpc) is 2.84. The lowest BCUT2D eigenvalue weighted by molar-refractivity contribution is 0.612. The molecular weight excluding hydrogens is 222 g/mol. The second kappa shape index (κ2) is 6.36. The number of hydrogen-bond acceptors (Lipinski definition) is 2. The van der Waals surface area contributed by atoms with Crippen LogP contribution in [0.3, 0.4) is 0 Å². The van der Waals surface area contributed by atoms with Crippen LogP contribution in [0, 0.1) is 6.92 Å². The summed E-state index contributed by atoms with van der Waals surface area (Å²) in [6, 6.07) is 8.56. The molecule has 0 radical (unpaired) electrons. The van der Waals surface area contributed by atoms with Crippen molar-refractivity contribution in [2.24, 2.45) is 0 Å². The molecule has 96 valence electrons. The van der Waals surface area contributed by atoms with Gasteiger partial charge in [0.1, 0.15) is 5.82 Å². The van der Waals surface area contributed by atoms with Crippen molar-refractivity contribution in [3.63, 3.8) is 0 Å². The number of aryl methyl sites for hydroxylation is 2. The van der Waals surface area contributed by atoms with Crippen LogP contribution < -0.4 is 5.32 Å². The summed E-state index contributed by atoms with van der Waals surface area (Å²) in [4.78, 5) is 4.35. The number of imidazole rings is 1. The molecule has 2 aromatic rings. The smallest absolute Gasteiger partial charge is 0.122 e. The van der Waals surface area contributed by atoms with Crippen molar-refractivity contribution in [3.05, 3.63) is 53.6 Å². The molecule has 0 aliphatic rings. The molecule has 0 atom stereocenters. The Kier molecular flexibility index (Phi) is 4.53. The number of nitrogens with zero attached hydrogens (tertiary/aromatic N) is 2. The van der Waals surface area contributed by atoms with Crippen molar-refractivity contribution in [1.82, 2.24) is 14.9 Å². The normalized spacial score (nSPS) is 10.8. The number of benzene rings is 1. The minimum absolute atomic E-state index is 0.840. The first-order valence-electron chi connectivity index (χ1n) is 6.56. The number of rotatable bonds is 6. The highest BCUT2D eigenvalue weighted by molar-refractivity contribution is 5.25. The van der Waals surface area contributed by atoms with Gasteiger partial charge in [0.15, 0.2) is 0 Å². The lowest BCUT2D eigenvalue weighted by atomic mass is 10.1. The molecule has 1 heterocycles. The van der Waals surface area contributed by atoms with Crippen LogP contribution in [0.25, 0.3) is 0 Å². The van der Waals surface area contributed by atoms with E-state index in [4.69, 9.17) is 0 Å². The average molecular weight is 243 g/mol.